The van der Waals surface area contributed by atoms with Crippen LogP contribution >= 0.6 is 23.1 Å². The van der Waals surface area contributed by atoms with Crippen molar-refractivity contribution in [3.05, 3.63) is 36.4 Å². The molecule has 0 spiro atoms. The zero-order valence-electron chi connectivity index (χ0n) is 15.4. The molecule has 0 bridgehead atoms. The van der Waals surface area contributed by atoms with Crippen molar-refractivity contribution in [1.29, 1.82) is 0 Å². The second-order valence-corrected chi connectivity index (χ2v) is 8.54. The first-order chi connectivity index (χ1) is 13.1. The largest absolute Gasteiger partial charge is 0.467 e. The highest BCUT2D eigenvalue weighted by atomic mass is 32.2. The first-order valence-electron chi connectivity index (χ1n) is 8.67. The molecule has 1 amide bonds. The quantitative estimate of drug-likeness (QED) is 0.518. The molecule has 3 heterocycles. The van der Waals surface area contributed by atoms with Gasteiger partial charge in [-0.15, -0.1) is 10.2 Å². The topological polar surface area (TPSA) is 97.9 Å². The Kier molecular flexibility index (Phi) is 6.51. The van der Waals surface area contributed by atoms with Crippen LogP contribution in [0, 0.1) is 0 Å². The molecule has 27 heavy (non-hydrogen) atoms. The highest BCUT2D eigenvalue weighted by Crippen LogP contribution is 2.30. The van der Waals surface area contributed by atoms with Crippen molar-refractivity contribution in [2.24, 2.45) is 0 Å². The molecule has 0 saturated heterocycles. The fraction of sp³-hybridized carbons (Fsp3) is 0.412. The summed E-state index contributed by atoms with van der Waals surface area (Å²) in [6, 6.07) is 5.76. The lowest BCUT2D eigenvalue weighted by Crippen LogP contribution is -2.24. The van der Waals surface area contributed by atoms with Gasteiger partial charge in [0.25, 0.3) is 0 Å². The number of anilines is 2. The summed E-state index contributed by atoms with van der Waals surface area (Å²) >= 11 is 2.79. The van der Waals surface area contributed by atoms with E-state index in [1.807, 2.05) is 29.8 Å². The fourth-order valence-corrected chi connectivity index (χ4v) is 4.17. The Morgan fingerprint density at radius 1 is 1.37 bits per heavy atom. The molecule has 3 aromatic rings. The number of thioether (sulfide) groups is 1. The molecule has 2 atom stereocenters. The summed E-state index contributed by atoms with van der Waals surface area (Å²) < 4.78 is 7.83. The lowest BCUT2D eigenvalue weighted by molar-refractivity contribution is -0.115. The summed E-state index contributed by atoms with van der Waals surface area (Å²) in [7, 11) is 0. The van der Waals surface area contributed by atoms with E-state index in [9.17, 15) is 4.79 Å². The molecule has 0 unspecified atom stereocenters. The molecule has 0 aromatic carbocycles. The maximum atomic E-state index is 12.5. The van der Waals surface area contributed by atoms with Crippen molar-refractivity contribution >= 4 is 40.0 Å². The molecule has 0 aliphatic rings. The molecule has 0 saturated carbocycles. The Hall–Kier alpha value is -2.33. The highest BCUT2D eigenvalue weighted by molar-refractivity contribution is 8.02. The Labute approximate surface area is 165 Å². The predicted octanol–water partition coefficient (Wildman–Crippen LogP) is 4.03. The van der Waals surface area contributed by atoms with Crippen LogP contribution in [0.1, 0.15) is 39.0 Å². The number of rotatable bonds is 9. The number of carbonyl (C=O) groups is 1. The van der Waals surface area contributed by atoms with E-state index < -0.39 is 0 Å². The Balaban J connectivity index is 1.53. The minimum atomic E-state index is -0.309. The number of nitrogens with one attached hydrogen (secondary N) is 2. The minimum absolute atomic E-state index is 0.0923. The lowest BCUT2D eigenvalue weighted by Gasteiger charge is -2.15. The molecule has 8 nitrogen and oxygen atoms in total. The van der Waals surface area contributed by atoms with Gasteiger partial charge in [-0.05, 0) is 32.4 Å². The van der Waals surface area contributed by atoms with Crippen LogP contribution in [0.25, 0.3) is 0 Å². The highest BCUT2D eigenvalue weighted by Gasteiger charge is 2.19. The zero-order valence-corrected chi connectivity index (χ0v) is 17.0. The fourth-order valence-electron chi connectivity index (χ4n) is 2.27. The van der Waals surface area contributed by atoms with Crippen molar-refractivity contribution < 1.29 is 9.21 Å². The maximum absolute atomic E-state index is 12.5. The van der Waals surface area contributed by atoms with Crippen LogP contribution in [0.5, 0.6) is 0 Å². The summed E-state index contributed by atoms with van der Waals surface area (Å²) in [6.45, 7) is 6.55. The number of furan rings is 1. The number of hydrogen-bond acceptors (Lipinski definition) is 8. The molecule has 3 aromatic heterocycles. The third-order valence-corrected chi connectivity index (χ3v) is 6.04. The van der Waals surface area contributed by atoms with E-state index in [1.54, 1.807) is 12.5 Å². The molecule has 0 aliphatic carbocycles. The van der Waals surface area contributed by atoms with E-state index in [1.165, 1.54) is 23.1 Å². The molecule has 2 N–H and O–H groups in total. The molecule has 10 heteroatoms. The van der Waals surface area contributed by atoms with Gasteiger partial charge < -0.3 is 15.1 Å². The van der Waals surface area contributed by atoms with Gasteiger partial charge in [0.05, 0.1) is 30.3 Å². The predicted molar refractivity (Wildman–Crippen MR) is 107 cm³/mol. The zero-order chi connectivity index (χ0) is 19.2. The first-order valence-corrected chi connectivity index (χ1v) is 10.4. The monoisotopic (exact) mass is 406 g/mol. The summed E-state index contributed by atoms with van der Waals surface area (Å²) in [5.41, 5.74) is 0. The van der Waals surface area contributed by atoms with Gasteiger partial charge in [0.2, 0.25) is 11.0 Å². The van der Waals surface area contributed by atoms with E-state index in [4.69, 9.17) is 4.42 Å². The van der Waals surface area contributed by atoms with E-state index in [2.05, 4.69) is 39.8 Å². The maximum Gasteiger partial charge on any atom is 0.238 e. The summed E-state index contributed by atoms with van der Waals surface area (Å²) in [5, 5.41) is 19.0. The number of nitrogens with zero attached hydrogens (tertiary/aromatic N) is 4. The van der Waals surface area contributed by atoms with Crippen molar-refractivity contribution in [2.75, 3.05) is 10.6 Å². The lowest BCUT2D eigenvalue weighted by atomic mass is 10.3. The Bertz CT molecular complexity index is 861. The van der Waals surface area contributed by atoms with Crippen LogP contribution in [0.3, 0.4) is 0 Å². The molecule has 0 fully saturated rings. The smallest absolute Gasteiger partial charge is 0.238 e. The van der Waals surface area contributed by atoms with E-state index in [-0.39, 0.29) is 17.2 Å². The summed E-state index contributed by atoms with van der Waals surface area (Å²) in [4.78, 5) is 12.5. The van der Waals surface area contributed by atoms with Crippen molar-refractivity contribution in [3.8, 4) is 0 Å². The van der Waals surface area contributed by atoms with Gasteiger partial charge in [-0.1, -0.05) is 30.0 Å². The number of hydrogen-bond donors (Lipinski definition) is 2. The molecule has 144 valence electrons. The molecule has 0 aliphatic heterocycles. The van der Waals surface area contributed by atoms with Gasteiger partial charge in [-0.25, -0.2) is 4.68 Å². The van der Waals surface area contributed by atoms with Gasteiger partial charge in [-0.2, -0.15) is 5.10 Å². The van der Waals surface area contributed by atoms with E-state index in [0.29, 0.717) is 17.5 Å². The third kappa shape index (κ3) is 5.10. The second-order valence-electron chi connectivity index (χ2n) is 5.97. The standard InChI is InChI=1S/C17H22N6O2S2/c1-4-11(2)23-14(7-8-19-23)20-15(24)12(3)26-17-22-21-16(27-17)18-10-13-6-5-9-25-13/h5-9,11-12H,4,10H2,1-3H3,(H,18,21)(H,20,24)/t11-,12+/m1/s1. The molecule has 3 rings (SSSR count). The van der Waals surface area contributed by atoms with Crippen LogP contribution in [0.2, 0.25) is 0 Å². The van der Waals surface area contributed by atoms with Gasteiger partial charge >= 0.3 is 0 Å². The normalized spacial score (nSPS) is 13.3. The average Bonchev–Trinajstić information content (AvgIpc) is 3.41. The first kappa shape index (κ1) is 19.4. The van der Waals surface area contributed by atoms with Crippen molar-refractivity contribution in [1.82, 2.24) is 20.0 Å². The number of amides is 1. The van der Waals surface area contributed by atoms with Gasteiger partial charge in [-0.3, -0.25) is 4.79 Å². The van der Waals surface area contributed by atoms with E-state index in [0.717, 1.165) is 16.5 Å². The molecule has 0 radical (unpaired) electrons. The second kappa shape index (κ2) is 9.05. The minimum Gasteiger partial charge on any atom is -0.467 e. The Morgan fingerprint density at radius 2 is 2.22 bits per heavy atom. The van der Waals surface area contributed by atoms with Crippen LogP contribution in [-0.4, -0.2) is 31.1 Å². The van der Waals surface area contributed by atoms with E-state index >= 15 is 0 Å². The summed E-state index contributed by atoms with van der Waals surface area (Å²) in [5.74, 6) is 1.44. The van der Waals surface area contributed by atoms with Crippen molar-refractivity contribution in [2.45, 2.75) is 49.4 Å². The van der Waals surface area contributed by atoms with Crippen LogP contribution < -0.4 is 10.6 Å². The van der Waals surface area contributed by atoms with Crippen LogP contribution in [-0.2, 0) is 11.3 Å². The van der Waals surface area contributed by atoms with Gasteiger partial charge in [0.15, 0.2) is 4.34 Å². The average molecular weight is 407 g/mol. The van der Waals surface area contributed by atoms with Gasteiger partial charge in [0, 0.05) is 6.07 Å². The SMILES string of the molecule is CC[C@@H](C)n1nccc1NC(=O)[C@H](C)Sc1nnc(NCc2ccco2)s1. The summed E-state index contributed by atoms with van der Waals surface area (Å²) in [6.07, 6.45) is 4.26. The third-order valence-electron chi connectivity index (χ3n) is 3.98. The Morgan fingerprint density at radius 3 is 2.96 bits per heavy atom. The molecular weight excluding hydrogens is 384 g/mol. The van der Waals surface area contributed by atoms with Crippen LogP contribution in [0.15, 0.2) is 39.4 Å². The number of carbonyl (C=O) groups excluding carboxylic acids is 1. The van der Waals surface area contributed by atoms with Crippen LogP contribution in [0.4, 0.5) is 10.9 Å². The van der Waals surface area contributed by atoms with Gasteiger partial charge in [0.1, 0.15) is 11.6 Å². The van der Waals surface area contributed by atoms with Crippen molar-refractivity contribution in [3.63, 3.8) is 0 Å². The number of aromatic nitrogens is 4. The molecular formula is C17H22N6O2S2.